The largest absolute Gasteiger partial charge is 0.392 e. The van der Waals surface area contributed by atoms with Crippen LogP contribution in [0.15, 0.2) is 24.3 Å². The van der Waals surface area contributed by atoms with Crippen LogP contribution in [0.3, 0.4) is 0 Å². The Hall–Kier alpha value is -1.46. The molecule has 2 aromatic rings. The van der Waals surface area contributed by atoms with E-state index in [-0.39, 0.29) is 6.61 Å². The zero-order valence-electron chi connectivity index (χ0n) is 11.3. The minimum absolute atomic E-state index is 0.0985. The van der Waals surface area contributed by atoms with Crippen LogP contribution in [0, 0.1) is 0 Å². The number of aliphatic hydroxyl groups excluding tert-OH is 1. The lowest BCUT2D eigenvalue weighted by Crippen LogP contribution is -2.04. The first-order chi connectivity index (χ1) is 9.19. The molecule has 0 amide bonds. The zero-order valence-corrected chi connectivity index (χ0v) is 12.1. The molecule has 0 atom stereocenters. The highest BCUT2D eigenvalue weighted by Crippen LogP contribution is 2.17. The molecule has 0 unspecified atom stereocenters. The smallest absolute Gasteiger partial charge is 0.202 e. The molecule has 0 bridgehead atoms. The van der Waals surface area contributed by atoms with Gasteiger partial charge in [-0.25, -0.2) is 4.98 Å². The van der Waals surface area contributed by atoms with E-state index in [0.717, 1.165) is 29.5 Å². The fourth-order valence-corrected chi connectivity index (χ4v) is 2.40. The van der Waals surface area contributed by atoms with Gasteiger partial charge in [0.2, 0.25) is 5.13 Å². The second-order valence-electron chi connectivity index (χ2n) is 4.76. The lowest BCUT2D eigenvalue weighted by molar-refractivity contribution is 0.282. The topological polar surface area (TPSA) is 58.0 Å². The molecule has 102 valence electrons. The summed E-state index contributed by atoms with van der Waals surface area (Å²) in [5.74, 6) is 1.28. The van der Waals surface area contributed by atoms with Crippen molar-refractivity contribution in [3.63, 3.8) is 0 Å². The predicted octanol–water partition coefficient (Wildman–Crippen LogP) is 2.81. The number of aromatic nitrogens is 2. The number of aliphatic hydroxyl groups is 1. The molecule has 0 fully saturated rings. The van der Waals surface area contributed by atoms with Crippen molar-refractivity contribution in [1.82, 2.24) is 9.36 Å². The minimum atomic E-state index is 0.0985. The Kier molecular flexibility index (Phi) is 4.87. The van der Waals surface area contributed by atoms with E-state index >= 15 is 0 Å². The molecule has 2 N–H and O–H groups in total. The van der Waals surface area contributed by atoms with Crippen LogP contribution in [0.2, 0.25) is 0 Å². The fraction of sp³-hybridized carbons (Fsp3) is 0.429. The summed E-state index contributed by atoms with van der Waals surface area (Å²) in [6, 6.07) is 8.01. The van der Waals surface area contributed by atoms with E-state index in [4.69, 9.17) is 5.11 Å². The standard InChI is InChI=1S/C14H19N3OS/c1-10(2)13-16-14(19-17-13)15-8-7-11-3-5-12(9-18)6-4-11/h3-6,10,18H,7-9H2,1-2H3,(H,15,16,17). The van der Waals surface area contributed by atoms with Crippen LogP contribution in [0.5, 0.6) is 0 Å². The van der Waals surface area contributed by atoms with Gasteiger partial charge < -0.3 is 10.4 Å². The van der Waals surface area contributed by atoms with Gasteiger partial charge in [0.25, 0.3) is 0 Å². The van der Waals surface area contributed by atoms with E-state index in [1.807, 2.05) is 24.3 Å². The molecule has 0 spiro atoms. The highest BCUT2D eigenvalue weighted by molar-refractivity contribution is 7.09. The predicted molar refractivity (Wildman–Crippen MR) is 78.6 cm³/mol. The average molecular weight is 277 g/mol. The Balaban J connectivity index is 1.81. The maximum absolute atomic E-state index is 8.97. The number of nitrogens with zero attached hydrogens (tertiary/aromatic N) is 2. The number of rotatable bonds is 6. The maximum Gasteiger partial charge on any atom is 0.202 e. The van der Waals surface area contributed by atoms with E-state index < -0.39 is 0 Å². The van der Waals surface area contributed by atoms with E-state index in [1.54, 1.807) is 0 Å². The first-order valence-corrected chi connectivity index (χ1v) is 7.22. The van der Waals surface area contributed by atoms with Crippen molar-refractivity contribution in [1.29, 1.82) is 0 Å². The Morgan fingerprint density at radius 1 is 1.21 bits per heavy atom. The summed E-state index contributed by atoms with van der Waals surface area (Å²) < 4.78 is 4.30. The summed E-state index contributed by atoms with van der Waals surface area (Å²) in [5, 5.41) is 13.2. The van der Waals surface area contributed by atoms with Crippen LogP contribution in [0.25, 0.3) is 0 Å². The Morgan fingerprint density at radius 3 is 2.47 bits per heavy atom. The quantitative estimate of drug-likeness (QED) is 0.852. The summed E-state index contributed by atoms with van der Waals surface area (Å²) in [4.78, 5) is 4.43. The molecule has 1 heterocycles. The summed E-state index contributed by atoms with van der Waals surface area (Å²) >= 11 is 1.41. The van der Waals surface area contributed by atoms with Gasteiger partial charge in [-0.15, -0.1) is 0 Å². The summed E-state index contributed by atoms with van der Waals surface area (Å²) in [7, 11) is 0. The van der Waals surface area contributed by atoms with Crippen molar-refractivity contribution in [2.75, 3.05) is 11.9 Å². The van der Waals surface area contributed by atoms with Crippen LogP contribution < -0.4 is 5.32 Å². The third-order valence-corrected chi connectivity index (χ3v) is 3.54. The van der Waals surface area contributed by atoms with Gasteiger partial charge in [-0.05, 0) is 17.5 Å². The number of anilines is 1. The molecule has 0 aliphatic rings. The summed E-state index contributed by atoms with van der Waals surface area (Å²) in [6.45, 7) is 5.12. The van der Waals surface area contributed by atoms with Crippen molar-refractivity contribution in [3.8, 4) is 0 Å². The highest BCUT2D eigenvalue weighted by Gasteiger charge is 2.06. The van der Waals surface area contributed by atoms with Gasteiger partial charge in [0.15, 0.2) is 0 Å². The van der Waals surface area contributed by atoms with Crippen LogP contribution in [0.1, 0.15) is 36.7 Å². The molecule has 0 aliphatic carbocycles. The summed E-state index contributed by atoms with van der Waals surface area (Å²) in [5.41, 5.74) is 2.20. The van der Waals surface area contributed by atoms with Gasteiger partial charge in [0, 0.05) is 24.0 Å². The molecule has 2 rings (SSSR count). The van der Waals surface area contributed by atoms with Crippen LogP contribution in [-0.2, 0) is 13.0 Å². The zero-order chi connectivity index (χ0) is 13.7. The first-order valence-electron chi connectivity index (χ1n) is 6.45. The molecular formula is C14H19N3OS. The minimum Gasteiger partial charge on any atom is -0.392 e. The number of nitrogens with one attached hydrogen (secondary N) is 1. The van der Waals surface area contributed by atoms with Crippen molar-refractivity contribution < 1.29 is 5.11 Å². The Labute approximate surface area is 117 Å². The van der Waals surface area contributed by atoms with Crippen LogP contribution in [0.4, 0.5) is 5.13 Å². The molecular weight excluding hydrogens is 258 g/mol. The van der Waals surface area contributed by atoms with Crippen molar-refractivity contribution in [2.45, 2.75) is 32.8 Å². The average Bonchev–Trinajstić information content (AvgIpc) is 2.89. The normalized spacial score (nSPS) is 10.9. The van der Waals surface area contributed by atoms with Crippen molar-refractivity contribution in [2.24, 2.45) is 0 Å². The van der Waals surface area contributed by atoms with E-state index in [9.17, 15) is 0 Å². The van der Waals surface area contributed by atoms with Gasteiger partial charge in [-0.1, -0.05) is 38.1 Å². The number of hydrogen-bond donors (Lipinski definition) is 2. The van der Waals surface area contributed by atoms with Gasteiger partial charge in [-0.2, -0.15) is 4.37 Å². The number of hydrogen-bond acceptors (Lipinski definition) is 5. The Morgan fingerprint density at radius 2 is 1.89 bits per heavy atom. The molecule has 0 radical (unpaired) electrons. The van der Waals surface area contributed by atoms with Crippen molar-refractivity contribution >= 4 is 16.7 Å². The van der Waals surface area contributed by atoms with Gasteiger partial charge >= 0.3 is 0 Å². The lowest BCUT2D eigenvalue weighted by Gasteiger charge is -2.03. The molecule has 1 aromatic carbocycles. The van der Waals surface area contributed by atoms with Gasteiger partial charge in [0.1, 0.15) is 5.82 Å². The highest BCUT2D eigenvalue weighted by atomic mass is 32.1. The Bertz CT molecular complexity index is 508. The molecule has 4 nitrogen and oxygen atoms in total. The first kappa shape index (κ1) is 14.0. The molecule has 0 saturated heterocycles. The fourth-order valence-electron chi connectivity index (χ4n) is 1.67. The molecule has 0 saturated carbocycles. The molecule has 19 heavy (non-hydrogen) atoms. The lowest BCUT2D eigenvalue weighted by atomic mass is 10.1. The van der Waals surface area contributed by atoms with E-state index in [2.05, 4.69) is 28.5 Å². The third-order valence-electron chi connectivity index (χ3n) is 2.85. The SMILES string of the molecule is CC(C)c1nsc(NCCc2ccc(CO)cc2)n1. The second-order valence-corrected chi connectivity index (χ2v) is 5.52. The van der Waals surface area contributed by atoms with Gasteiger partial charge in [-0.3, -0.25) is 0 Å². The molecule has 1 aromatic heterocycles. The third kappa shape index (κ3) is 4.01. The van der Waals surface area contributed by atoms with Crippen LogP contribution >= 0.6 is 11.5 Å². The maximum atomic E-state index is 8.97. The summed E-state index contributed by atoms with van der Waals surface area (Å²) in [6.07, 6.45) is 0.933. The molecule has 0 aliphatic heterocycles. The van der Waals surface area contributed by atoms with Crippen molar-refractivity contribution in [3.05, 3.63) is 41.2 Å². The monoisotopic (exact) mass is 277 g/mol. The van der Waals surface area contributed by atoms with Gasteiger partial charge in [0.05, 0.1) is 6.61 Å². The van der Waals surface area contributed by atoms with Crippen LogP contribution in [-0.4, -0.2) is 21.0 Å². The van der Waals surface area contributed by atoms with E-state index in [1.165, 1.54) is 17.1 Å². The second kappa shape index (κ2) is 6.63. The van der Waals surface area contributed by atoms with E-state index in [0.29, 0.717) is 5.92 Å². The number of benzene rings is 1. The molecule has 5 heteroatoms.